The zero-order valence-electron chi connectivity index (χ0n) is 8.32. The number of hydrogen-bond donors (Lipinski definition) is 1. The van der Waals surface area contributed by atoms with Gasteiger partial charge in [0.05, 0.1) is 6.61 Å². The molecule has 0 saturated carbocycles. The SMILES string of the molecule is CCOC(=O)N1CCCC(N)C1C. The van der Waals surface area contributed by atoms with Gasteiger partial charge in [-0.15, -0.1) is 0 Å². The van der Waals surface area contributed by atoms with Crippen LogP contribution in [0.3, 0.4) is 0 Å². The average Bonchev–Trinajstić information content (AvgIpc) is 2.10. The summed E-state index contributed by atoms with van der Waals surface area (Å²) in [4.78, 5) is 13.1. The maximum Gasteiger partial charge on any atom is 0.410 e. The number of rotatable bonds is 1. The van der Waals surface area contributed by atoms with Crippen LogP contribution in [0.4, 0.5) is 4.79 Å². The highest BCUT2D eigenvalue weighted by Crippen LogP contribution is 2.16. The number of ether oxygens (including phenoxy) is 1. The molecular weight excluding hydrogens is 168 g/mol. The minimum atomic E-state index is -0.231. The van der Waals surface area contributed by atoms with E-state index >= 15 is 0 Å². The first-order valence-corrected chi connectivity index (χ1v) is 4.85. The van der Waals surface area contributed by atoms with E-state index in [1.807, 2.05) is 13.8 Å². The van der Waals surface area contributed by atoms with Crippen molar-refractivity contribution in [3.63, 3.8) is 0 Å². The molecule has 1 heterocycles. The van der Waals surface area contributed by atoms with Gasteiger partial charge < -0.3 is 15.4 Å². The van der Waals surface area contributed by atoms with E-state index in [9.17, 15) is 4.79 Å². The summed E-state index contributed by atoms with van der Waals surface area (Å²) < 4.78 is 4.93. The zero-order valence-corrected chi connectivity index (χ0v) is 8.32. The van der Waals surface area contributed by atoms with Gasteiger partial charge >= 0.3 is 6.09 Å². The van der Waals surface area contributed by atoms with E-state index in [4.69, 9.17) is 10.5 Å². The average molecular weight is 186 g/mol. The van der Waals surface area contributed by atoms with Crippen LogP contribution in [0.1, 0.15) is 26.7 Å². The number of piperidine rings is 1. The minimum Gasteiger partial charge on any atom is -0.450 e. The Hall–Kier alpha value is -0.770. The van der Waals surface area contributed by atoms with Crippen molar-refractivity contribution in [2.75, 3.05) is 13.2 Å². The van der Waals surface area contributed by atoms with Gasteiger partial charge in [-0.3, -0.25) is 0 Å². The predicted molar refractivity (Wildman–Crippen MR) is 50.4 cm³/mol. The number of nitrogens with two attached hydrogens (primary N) is 1. The Morgan fingerprint density at radius 2 is 2.38 bits per heavy atom. The molecule has 1 rings (SSSR count). The van der Waals surface area contributed by atoms with E-state index in [2.05, 4.69) is 0 Å². The van der Waals surface area contributed by atoms with Gasteiger partial charge in [0, 0.05) is 18.6 Å². The topological polar surface area (TPSA) is 55.6 Å². The summed E-state index contributed by atoms with van der Waals surface area (Å²) in [7, 11) is 0. The molecule has 76 valence electrons. The van der Waals surface area contributed by atoms with Gasteiger partial charge in [0.2, 0.25) is 0 Å². The summed E-state index contributed by atoms with van der Waals surface area (Å²) in [6, 6.07) is 0.200. The molecule has 0 aromatic carbocycles. The van der Waals surface area contributed by atoms with E-state index in [0.717, 1.165) is 19.4 Å². The molecule has 0 spiro atoms. The third-order valence-electron chi connectivity index (χ3n) is 2.55. The molecule has 2 unspecified atom stereocenters. The Balaban J connectivity index is 2.52. The van der Waals surface area contributed by atoms with Crippen LogP contribution in [0.15, 0.2) is 0 Å². The van der Waals surface area contributed by atoms with Gasteiger partial charge in [-0.2, -0.15) is 0 Å². The molecule has 1 aliphatic rings. The van der Waals surface area contributed by atoms with Crippen LogP contribution >= 0.6 is 0 Å². The summed E-state index contributed by atoms with van der Waals surface area (Å²) in [5.41, 5.74) is 5.85. The second-order valence-corrected chi connectivity index (χ2v) is 3.44. The maximum absolute atomic E-state index is 11.4. The highest BCUT2D eigenvalue weighted by atomic mass is 16.6. The van der Waals surface area contributed by atoms with Crippen molar-refractivity contribution in [1.82, 2.24) is 4.90 Å². The summed E-state index contributed by atoms with van der Waals surface area (Å²) in [6.07, 6.45) is 1.74. The van der Waals surface area contributed by atoms with Crippen LogP contribution in [0.25, 0.3) is 0 Å². The number of nitrogens with zero attached hydrogens (tertiary/aromatic N) is 1. The number of likely N-dealkylation sites (tertiary alicyclic amines) is 1. The first-order chi connectivity index (χ1) is 6.16. The van der Waals surface area contributed by atoms with Gasteiger partial charge in [-0.05, 0) is 26.7 Å². The quantitative estimate of drug-likeness (QED) is 0.663. The van der Waals surface area contributed by atoms with Crippen LogP contribution in [0, 0.1) is 0 Å². The van der Waals surface area contributed by atoms with Crippen molar-refractivity contribution in [1.29, 1.82) is 0 Å². The number of carbonyl (C=O) groups is 1. The smallest absolute Gasteiger partial charge is 0.410 e. The second kappa shape index (κ2) is 4.46. The molecule has 0 aromatic rings. The van der Waals surface area contributed by atoms with E-state index in [0.29, 0.717) is 6.61 Å². The molecule has 0 bridgehead atoms. The van der Waals surface area contributed by atoms with E-state index < -0.39 is 0 Å². The van der Waals surface area contributed by atoms with Gasteiger partial charge in [0.25, 0.3) is 0 Å². The third kappa shape index (κ3) is 2.34. The van der Waals surface area contributed by atoms with E-state index in [1.165, 1.54) is 0 Å². The van der Waals surface area contributed by atoms with Gasteiger partial charge in [0.1, 0.15) is 0 Å². The highest BCUT2D eigenvalue weighted by molar-refractivity contribution is 5.68. The minimum absolute atomic E-state index is 0.0955. The van der Waals surface area contributed by atoms with Crippen molar-refractivity contribution in [2.45, 2.75) is 38.8 Å². The zero-order chi connectivity index (χ0) is 9.84. The lowest BCUT2D eigenvalue weighted by Gasteiger charge is -2.36. The molecule has 1 saturated heterocycles. The normalized spacial score (nSPS) is 28.7. The molecule has 4 nitrogen and oxygen atoms in total. The molecule has 0 aliphatic carbocycles. The van der Waals surface area contributed by atoms with Crippen LogP contribution in [0.2, 0.25) is 0 Å². The Morgan fingerprint density at radius 3 is 3.00 bits per heavy atom. The summed E-state index contributed by atoms with van der Waals surface area (Å²) in [6.45, 7) is 4.98. The summed E-state index contributed by atoms with van der Waals surface area (Å²) in [5, 5.41) is 0. The Bertz CT molecular complexity index is 184. The fraction of sp³-hybridized carbons (Fsp3) is 0.889. The van der Waals surface area contributed by atoms with Crippen molar-refractivity contribution in [2.24, 2.45) is 5.73 Å². The third-order valence-corrected chi connectivity index (χ3v) is 2.55. The van der Waals surface area contributed by atoms with Crippen molar-refractivity contribution in [3.05, 3.63) is 0 Å². The Kier molecular flexibility index (Phi) is 3.54. The number of amides is 1. The van der Waals surface area contributed by atoms with Crippen LogP contribution in [-0.2, 0) is 4.74 Å². The van der Waals surface area contributed by atoms with E-state index in [-0.39, 0.29) is 18.2 Å². The van der Waals surface area contributed by atoms with Crippen LogP contribution in [-0.4, -0.2) is 36.2 Å². The van der Waals surface area contributed by atoms with Gasteiger partial charge in [-0.1, -0.05) is 0 Å². The van der Waals surface area contributed by atoms with Crippen molar-refractivity contribution >= 4 is 6.09 Å². The highest BCUT2D eigenvalue weighted by Gasteiger charge is 2.29. The maximum atomic E-state index is 11.4. The lowest BCUT2D eigenvalue weighted by molar-refractivity contribution is 0.0751. The van der Waals surface area contributed by atoms with Crippen molar-refractivity contribution in [3.8, 4) is 0 Å². The summed E-state index contributed by atoms with van der Waals surface area (Å²) >= 11 is 0. The Morgan fingerprint density at radius 1 is 1.69 bits per heavy atom. The molecule has 2 N–H and O–H groups in total. The molecule has 4 heteroatoms. The fourth-order valence-electron chi connectivity index (χ4n) is 1.64. The monoisotopic (exact) mass is 186 g/mol. The lowest BCUT2D eigenvalue weighted by Crippen LogP contribution is -2.52. The fourth-order valence-corrected chi connectivity index (χ4v) is 1.64. The Labute approximate surface area is 79.0 Å². The van der Waals surface area contributed by atoms with Crippen LogP contribution in [0.5, 0.6) is 0 Å². The first-order valence-electron chi connectivity index (χ1n) is 4.85. The van der Waals surface area contributed by atoms with Crippen molar-refractivity contribution < 1.29 is 9.53 Å². The second-order valence-electron chi connectivity index (χ2n) is 3.44. The molecular formula is C9H18N2O2. The predicted octanol–water partition coefficient (Wildman–Crippen LogP) is 0.955. The molecule has 2 atom stereocenters. The number of carbonyl (C=O) groups excluding carboxylic acids is 1. The molecule has 1 fully saturated rings. The number of hydrogen-bond acceptors (Lipinski definition) is 3. The molecule has 13 heavy (non-hydrogen) atoms. The van der Waals surface area contributed by atoms with Crippen LogP contribution < -0.4 is 5.73 Å². The first kappa shape index (κ1) is 10.3. The standard InChI is InChI=1S/C9H18N2O2/c1-3-13-9(12)11-6-4-5-8(10)7(11)2/h7-8H,3-6,10H2,1-2H3. The largest absolute Gasteiger partial charge is 0.450 e. The van der Waals surface area contributed by atoms with Gasteiger partial charge in [0.15, 0.2) is 0 Å². The summed E-state index contributed by atoms with van der Waals surface area (Å²) in [5.74, 6) is 0. The van der Waals surface area contributed by atoms with E-state index in [1.54, 1.807) is 4.90 Å². The van der Waals surface area contributed by atoms with Gasteiger partial charge in [-0.25, -0.2) is 4.79 Å². The molecule has 0 radical (unpaired) electrons. The molecule has 1 amide bonds. The molecule has 0 aromatic heterocycles. The molecule has 1 aliphatic heterocycles. The lowest BCUT2D eigenvalue weighted by atomic mass is 9.99.